The lowest BCUT2D eigenvalue weighted by atomic mass is 10.1. The first-order chi connectivity index (χ1) is 18.9. The van der Waals surface area contributed by atoms with Crippen molar-refractivity contribution in [3.05, 3.63) is 99.1 Å². The van der Waals surface area contributed by atoms with Gasteiger partial charge in [0.25, 0.3) is 11.8 Å². The Morgan fingerprint density at radius 1 is 0.872 bits per heavy atom. The summed E-state index contributed by atoms with van der Waals surface area (Å²) in [6.45, 7) is 1.85. The fourth-order valence-corrected chi connectivity index (χ4v) is 5.03. The second-order valence-corrected chi connectivity index (χ2v) is 10.1. The Morgan fingerprint density at radius 3 is 2.18 bits per heavy atom. The average molecular weight is 585 g/mol. The van der Waals surface area contributed by atoms with Crippen molar-refractivity contribution in [1.29, 1.82) is 0 Å². The summed E-state index contributed by atoms with van der Waals surface area (Å²) in [5, 5.41) is 7.78. The predicted octanol–water partition coefficient (Wildman–Crippen LogP) is 5.61. The fourth-order valence-electron chi connectivity index (χ4n) is 4.42. The molecule has 0 aliphatic carbocycles. The smallest absolute Gasteiger partial charge is 0.289 e. The maximum Gasteiger partial charge on any atom is 0.289 e. The number of hydrazine groups is 1. The van der Waals surface area contributed by atoms with E-state index in [9.17, 15) is 9.59 Å². The van der Waals surface area contributed by atoms with Crippen LogP contribution in [0.1, 0.15) is 20.8 Å². The maximum atomic E-state index is 13.5. The number of aromatic nitrogens is 2. The van der Waals surface area contributed by atoms with Gasteiger partial charge in [0.15, 0.2) is 11.4 Å². The van der Waals surface area contributed by atoms with E-state index in [0.717, 1.165) is 5.56 Å². The number of ether oxygens (including phenoxy) is 1. The van der Waals surface area contributed by atoms with Gasteiger partial charge in [-0.1, -0.05) is 65.1 Å². The summed E-state index contributed by atoms with van der Waals surface area (Å²) in [7, 11) is 1.48. The molecule has 1 aliphatic heterocycles. The molecule has 1 saturated heterocycles. The third-order valence-electron chi connectivity index (χ3n) is 6.36. The Labute approximate surface area is 240 Å². The number of nitrogens with one attached hydrogen (secondary N) is 1. The van der Waals surface area contributed by atoms with E-state index >= 15 is 0 Å². The van der Waals surface area contributed by atoms with E-state index in [4.69, 9.17) is 39.5 Å². The maximum absolute atomic E-state index is 13.5. The van der Waals surface area contributed by atoms with Crippen molar-refractivity contribution in [2.45, 2.75) is 0 Å². The first-order valence-corrected chi connectivity index (χ1v) is 13.3. The van der Waals surface area contributed by atoms with E-state index in [1.54, 1.807) is 57.1 Å². The zero-order valence-corrected chi connectivity index (χ0v) is 23.2. The summed E-state index contributed by atoms with van der Waals surface area (Å²) < 4.78 is 7.28. The normalized spacial score (nSPS) is 13.8. The number of rotatable bonds is 6. The van der Waals surface area contributed by atoms with Crippen LogP contribution in [0.25, 0.3) is 16.9 Å². The molecular weight excluding hydrogens is 561 g/mol. The zero-order chi connectivity index (χ0) is 27.5. The van der Waals surface area contributed by atoms with Crippen LogP contribution in [-0.4, -0.2) is 64.8 Å². The highest BCUT2D eigenvalue weighted by molar-refractivity contribution is 6.35. The quantitative estimate of drug-likeness (QED) is 0.319. The molecule has 1 aromatic heterocycles. The van der Waals surface area contributed by atoms with E-state index in [0.29, 0.717) is 58.2 Å². The van der Waals surface area contributed by atoms with Gasteiger partial charge in [0.05, 0.1) is 17.8 Å². The van der Waals surface area contributed by atoms with E-state index in [1.165, 1.54) is 7.11 Å². The average Bonchev–Trinajstić information content (AvgIpc) is 3.33. The molecule has 4 aromatic rings. The molecule has 1 aliphatic rings. The number of hydrogen-bond acceptors (Lipinski definition) is 5. The molecule has 1 fully saturated rings. The Morgan fingerprint density at radius 2 is 1.54 bits per heavy atom. The molecule has 5 rings (SSSR count). The molecule has 200 valence electrons. The van der Waals surface area contributed by atoms with Crippen LogP contribution < -0.4 is 10.2 Å². The summed E-state index contributed by atoms with van der Waals surface area (Å²) in [6, 6.07) is 21.3. The van der Waals surface area contributed by atoms with Crippen molar-refractivity contribution in [3.8, 4) is 22.7 Å². The van der Waals surface area contributed by atoms with E-state index in [-0.39, 0.29) is 17.4 Å². The van der Waals surface area contributed by atoms with Crippen molar-refractivity contribution in [3.63, 3.8) is 0 Å². The molecule has 0 unspecified atom stereocenters. The lowest BCUT2D eigenvalue weighted by molar-refractivity contribution is 0.0502. The SMILES string of the molecule is COc1c(C(=O)NN2CCN(C(=O)c3ccccc3)CC2)nn(-c2ccc(Cl)cc2Cl)c1-c1ccc(Cl)cc1. The van der Waals surface area contributed by atoms with E-state index in [2.05, 4.69) is 10.5 Å². The molecular formula is C28H24Cl3N5O3. The number of piperazine rings is 1. The van der Waals surface area contributed by atoms with Gasteiger partial charge < -0.3 is 9.64 Å². The minimum atomic E-state index is -0.450. The van der Waals surface area contributed by atoms with Gasteiger partial charge in [0.1, 0.15) is 5.69 Å². The van der Waals surface area contributed by atoms with Crippen LogP contribution in [0, 0.1) is 0 Å². The number of benzene rings is 3. The second kappa shape index (κ2) is 11.7. The summed E-state index contributed by atoms with van der Waals surface area (Å²) in [5.41, 5.74) is 5.41. The van der Waals surface area contributed by atoms with Gasteiger partial charge in [-0.15, -0.1) is 0 Å². The monoisotopic (exact) mass is 583 g/mol. The van der Waals surface area contributed by atoms with Gasteiger partial charge in [-0.2, -0.15) is 5.10 Å². The molecule has 0 radical (unpaired) electrons. The highest BCUT2D eigenvalue weighted by Crippen LogP contribution is 2.38. The minimum absolute atomic E-state index is 0.0329. The molecule has 0 spiro atoms. The number of hydrogen-bond donors (Lipinski definition) is 1. The number of carbonyl (C=O) groups excluding carboxylic acids is 2. The van der Waals surface area contributed by atoms with Crippen LogP contribution in [0.15, 0.2) is 72.8 Å². The van der Waals surface area contributed by atoms with Crippen molar-refractivity contribution < 1.29 is 14.3 Å². The van der Waals surface area contributed by atoms with Crippen molar-refractivity contribution in [2.75, 3.05) is 33.3 Å². The predicted molar refractivity (Wildman–Crippen MR) is 152 cm³/mol. The molecule has 2 heterocycles. The molecule has 2 amide bonds. The van der Waals surface area contributed by atoms with Crippen LogP contribution >= 0.6 is 34.8 Å². The first-order valence-electron chi connectivity index (χ1n) is 12.1. The zero-order valence-electron chi connectivity index (χ0n) is 20.9. The minimum Gasteiger partial charge on any atom is -0.492 e. The molecule has 0 atom stereocenters. The number of halogens is 3. The number of nitrogens with zero attached hydrogens (tertiary/aromatic N) is 4. The van der Waals surface area contributed by atoms with Gasteiger partial charge in [-0.3, -0.25) is 15.0 Å². The van der Waals surface area contributed by atoms with E-state index < -0.39 is 5.91 Å². The fraction of sp³-hybridized carbons (Fsp3) is 0.179. The third-order valence-corrected chi connectivity index (χ3v) is 7.15. The first kappa shape index (κ1) is 27.0. The van der Waals surface area contributed by atoms with E-state index in [1.807, 2.05) is 30.3 Å². The molecule has 11 heteroatoms. The lowest BCUT2D eigenvalue weighted by Crippen LogP contribution is -2.54. The highest BCUT2D eigenvalue weighted by Gasteiger charge is 2.29. The van der Waals surface area contributed by atoms with Crippen LogP contribution in [0.4, 0.5) is 0 Å². The number of carbonyl (C=O) groups is 2. The van der Waals surface area contributed by atoms with Gasteiger partial charge in [0, 0.05) is 47.4 Å². The number of amides is 2. The summed E-state index contributed by atoms with van der Waals surface area (Å²) >= 11 is 18.8. The largest absolute Gasteiger partial charge is 0.492 e. The molecule has 0 saturated carbocycles. The van der Waals surface area contributed by atoms with Crippen LogP contribution in [0.2, 0.25) is 15.1 Å². The topological polar surface area (TPSA) is 79.7 Å². The lowest BCUT2D eigenvalue weighted by Gasteiger charge is -2.34. The van der Waals surface area contributed by atoms with Crippen LogP contribution in [-0.2, 0) is 0 Å². The van der Waals surface area contributed by atoms with Crippen molar-refractivity contribution in [2.24, 2.45) is 0 Å². The number of methoxy groups -OCH3 is 1. The Bertz CT molecular complexity index is 1500. The van der Waals surface area contributed by atoms with Crippen molar-refractivity contribution in [1.82, 2.24) is 25.1 Å². The summed E-state index contributed by atoms with van der Waals surface area (Å²) in [5.74, 6) is -0.207. The molecule has 39 heavy (non-hydrogen) atoms. The molecule has 8 nitrogen and oxygen atoms in total. The summed E-state index contributed by atoms with van der Waals surface area (Å²) in [6.07, 6.45) is 0. The molecule has 3 aromatic carbocycles. The van der Waals surface area contributed by atoms with Crippen LogP contribution in [0.5, 0.6) is 5.75 Å². The Balaban J connectivity index is 1.41. The molecule has 1 N–H and O–H groups in total. The van der Waals surface area contributed by atoms with Gasteiger partial charge in [0.2, 0.25) is 0 Å². The Kier molecular flexibility index (Phi) is 8.09. The standard InChI is InChI=1S/C28H24Cl3N5O3/c1-39-26-24(27(37)33-35-15-13-34(14-16-35)28(38)19-5-3-2-4-6-19)32-36(23-12-11-21(30)17-22(23)31)25(26)18-7-9-20(29)10-8-18/h2-12,17H,13-16H2,1H3,(H,33,37). The van der Waals surface area contributed by atoms with Gasteiger partial charge >= 0.3 is 0 Å². The summed E-state index contributed by atoms with van der Waals surface area (Å²) in [4.78, 5) is 28.0. The van der Waals surface area contributed by atoms with Gasteiger partial charge in [-0.25, -0.2) is 9.69 Å². The van der Waals surface area contributed by atoms with Gasteiger partial charge in [-0.05, 0) is 42.5 Å². The Hall–Kier alpha value is -3.56. The second-order valence-electron chi connectivity index (χ2n) is 8.83. The third kappa shape index (κ3) is 5.74. The molecule has 0 bridgehead atoms. The highest BCUT2D eigenvalue weighted by atomic mass is 35.5. The van der Waals surface area contributed by atoms with Crippen LogP contribution in [0.3, 0.4) is 0 Å². The van der Waals surface area contributed by atoms with Crippen molar-refractivity contribution >= 4 is 46.6 Å².